The molecule has 2 heteroatoms. The fourth-order valence-corrected chi connectivity index (χ4v) is 2.71. The number of hydrogen-bond acceptors (Lipinski definition) is 2. The lowest BCUT2D eigenvalue weighted by Crippen LogP contribution is -2.34. The second-order valence-corrected chi connectivity index (χ2v) is 5.86. The van der Waals surface area contributed by atoms with Gasteiger partial charge in [-0.25, -0.2) is 0 Å². The summed E-state index contributed by atoms with van der Waals surface area (Å²) < 4.78 is 0. The van der Waals surface area contributed by atoms with E-state index in [9.17, 15) is 0 Å². The Kier molecular flexibility index (Phi) is 5.54. The Hall–Kier alpha value is -1.41. The number of benzene rings is 1. The van der Waals surface area contributed by atoms with Gasteiger partial charge in [0.05, 0.1) is 0 Å². The Morgan fingerprint density at radius 3 is 2.80 bits per heavy atom. The van der Waals surface area contributed by atoms with Gasteiger partial charge in [0.2, 0.25) is 0 Å². The van der Waals surface area contributed by atoms with Crippen molar-refractivity contribution in [3.05, 3.63) is 42.2 Å². The molecule has 1 atom stereocenters. The van der Waals surface area contributed by atoms with Gasteiger partial charge >= 0.3 is 0 Å². The largest absolute Gasteiger partial charge is 0.314 e. The van der Waals surface area contributed by atoms with Gasteiger partial charge in [0.15, 0.2) is 0 Å². The molecular formula is C18H26N2. The van der Waals surface area contributed by atoms with Gasteiger partial charge in [0, 0.05) is 23.8 Å². The molecule has 1 aromatic carbocycles. The summed E-state index contributed by atoms with van der Waals surface area (Å²) in [5.74, 6) is 0.676. The van der Waals surface area contributed by atoms with E-state index in [1.54, 1.807) is 0 Å². The molecule has 1 heterocycles. The highest BCUT2D eigenvalue weighted by molar-refractivity contribution is 5.84. The zero-order chi connectivity index (χ0) is 14.4. The van der Waals surface area contributed by atoms with Crippen molar-refractivity contribution in [1.82, 2.24) is 10.3 Å². The number of aryl methyl sites for hydroxylation is 1. The first-order valence-corrected chi connectivity index (χ1v) is 7.77. The van der Waals surface area contributed by atoms with Gasteiger partial charge in [-0.2, -0.15) is 0 Å². The average Bonchev–Trinajstić information content (AvgIpc) is 2.47. The topological polar surface area (TPSA) is 24.9 Å². The first-order chi connectivity index (χ1) is 9.72. The Bertz CT molecular complexity index is 528. The quantitative estimate of drug-likeness (QED) is 0.816. The molecule has 108 valence electrons. The minimum absolute atomic E-state index is 0.599. The molecule has 1 unspecified atom stereocenters. The molecule has 0 radical (unpaired) electrons. The van der Waals surface area contributed by atoms with Crippen molar-refractivity contribution >= 4 is 10.8 Å². The molecule has 1 aromatic heterocycles. The smallest absolute Gasteiger partial charge is 0.0349 e. The number of nitrogens with zero attached hydrogens (tertiary/aromatic N) is 1. The van der Waals surface area contributed by atoms with E-state index in [2.05, 4.69) is 55.3 Å². The Morgan fingerprint density at radius 1 is 1.20 bits per heavy atom. The normalized spacial score (nSPS) is 13.0. The van der Waals surface area contributed by atoms with Crippen LogP contribution < -0.4 is 5.32 Å². The molecule has 2 rings (SSSR count). The van der Waals surface area contributed by atoms with E-state index in [0.717, 1.165) is 13.0 Å². The standard InChI is InChI=1S/C18H26N2/c1-4-11-20-18(14(2)3)9-8-15-6-5-7-16-10-12-19-13-17(15)16/h5-7,10,12-14,18,20H,4,8-9,11H2,1-3H3. The molecule has 0 aliphatic heterocycles. The monoisotopic (exact) mass is 270 g/mol. The van der Waals surface area contributed by atoms with Gasteiger partial charge in [-0.3, -0.25) is 4.98 Å². The number of nitrogens with one attached hydrogen (secondary N) is 1. The van der Waals surface area contributed by atoms with Crippen molar-refractivity contribution in [2.45, 2.75) is 46.1 Å². The molecule has 20 heavy (non-hydrogen) atoms. The maximum Gasteiger partial charge on any atom is 0.0349 e. The predicted octanol–water partition coefficient (Wildman–Crippen LogP) is 4.19. The zero-order valence-corrected chi connectivity index (χ0v) is 12.9. The molecule has 0 saturated heterocycles. The van der Waals surface area contributed by atoms with Gasteiger partial charge in [0.1, 0.15) is 0 Å². The van der Waals surface area contributed by atoms with Crippen molar-refractivity contribution < 1.29 is 0 Å². The first-order valence-electron chi connectivity index (χ1n) is 7.77. The average molecular weight is 270 g/mol. The third kappa shape index (κ3) is 3.80. The summed E-state index contributed by atoms with van der Waals surface area (Å²) in [5, 5.41) is 6.26. The Labute approximate surface area is 122 Å². The highest BCUT2D eigenvalue weighted by Crippen LogP contribution is 2.20. The van der Waals surface area contributed by atoms with E-state index in [1.165, 1.54) is 29.2 Å². The molecular weight excluding hydrogens is 244 g/mol. The van der Waals surface area contributed by atoms with Crippen LogP contribution in [-0.4, -0.2) is 17.6 Å². The highest BCUT2D eigenvalue weighted by Gasteiger charge is 2.12. The van der Waals surface area contributed by atoms with Crippen LogP contribution in [0.5, 0.6) is 0 Å². The van der Waals surface area contributed by atoms with Crippen LogP contribution >= 0.6 is 0 Å². The van der Waals surface area contributed by atoms with Gasteiger partial charge < -0.3 is 5.32 Å². The van der Waals surface area contributed by atoms with E-state index in [0.29, 0.717) is 12.0 Å². The van der Waals surface area contributed by atoms with Crippen LogP contribution in [0.2, 0.25) is 0 Å². The van der Waals surface area contributed by atoms with Crippen LogP contribution in [0.1, 0.15) is 39.2 Å². The van der Waals surface area contributed by atoms with Crippen LogP contribution in [0.25, 0.3) is 10.8 Å². The zero-order valence-electron chi connectivity index (χ0n) is 12.9. The molecule has 0 fully saturated rings. The minimum atomic E-state index is 0.599. The Morgan fingerprint density at radius 2 is 2.05 bits per heavy atom. The summed E-state index contributed by atoms with van der Waals surface area (Å²) in [6.45, 7) is 7.94. The van der Waals surface area contributed by atoms with Crippen molar-refractivity contribution in [2.24, 2.45) is 5.92 Å². The molecule has 2 nitrogen and oxygen atoms in total. The Balaban J connectivity index is 2.07. The van der Waals surface area contributed by atoms with Crippen LogP contribution in [0, 0.1) is 5.92 Å². The van der Waals surface area contributed by atoms with E-state index in [-0.39, 0.29) is 0 Å². The van der Waals surface area contributed by atoms with Gasteiger partial charge in [-0.1, -0.05) is 39.0 Å². The fraction of sp³-hybridized carbons (Fsp3) is 0.500. The summed E-state index contributed by atoms with van der Waals surface area (Å²) in [4.78, 5) is 4.27. The minimum Gasteiger partial charge on any atom is -0.314 e. The first kappa shape index (κ1) is 15.0. The van der Waals surface area contributed by atoms with E-state index in [1.807, 2.05) is 12.4 Å². The highest BCUT2D eigenvalue weighted by atomic mass is 14.9. The molecule has 0 saturated carbocycles. The van der Waals surface area contributed by atoms with Crippen molar-refractivity contribution in [1.29, 1.82) is 0 Å². The molecule has 2 aromatic rings. The maximum atomic E-state index is 4.27. The number of pyridine rings is 1. The third-order valence-electron chi connectivity index (χ3n) is 3.96. The van der Waals surface area contributed by atoms with Crippen molar-refractivity contribution in [3.63, 3.8) is 0 Å². The molecule has 0 aliphatic rings. The number of hydrogen-bond donors (Lipinski definition) is 1. The lowest BCUT2D eigenvalue weighted by Gasteiger charge is -2.22. The van der Waals surface area contributed by atoms with Gasteiger partial charge in [-0.15, -0.1) is 0 Å². The summed E-state index contributed by atoms with van der Waals surface area (Å²) in [6.07, 6.45) is 7.36. The summed E-state index contributed by atoms with van der Waals surface area (Å²) in [6, 6.07) is 9.24. The van der Waals surface area contributed by atoms with E-state index in [4.69, 9.17) is 0 Å². The second-order valence-electron chi connectivity index (χ2n) is 5.86. The number of rotatable bonds is 7. The number of aromatic nitrogens is 1. The maximum absolute atomic E-state index is 4.27. The van der Waals surface area contributed by atoms with Crippen LogP contribution in [-0.2, 0) is 6.42 Å². The SMILES string of the molecule is CCCNC(CCc1cccc2ccncc12)C(C)C. The third-order valence-corrected chi connectivity index (χ3v) is 3.96. The summed E-state index contributed by atoms with van der Waals surface area (Å²) >= 11 is 0. The molecule has 0 bridgehead atoms. The summed E-state index contributed by atoms with van der Waals surface area (Å²) in [7, 11) is 0. The van der Waals surface area contributed by atoms with Crippen LogP contribution in [0.3, 0.4) is 0 Å². The molecule has 0 spiro atoms. The molecule has 0 amide bonds. The van der Waals surface area contributed by atoms with Gasteiger partial charge in [-0.05, 0) is 48.7 Å². The number of fused-ring (bicyclic) bond motifs is 1. The fourth-order valence-electron chi connectivity index (χ4n) is 2.71. The van der Waals surface area contributed by atoms with Gasteiger partial charge in [0.25, 0.3) is 0 Å². The lowest BCUT2D eigenvalue weighted by atomic mass is 9.94. The lowest BCUT2D eigenvalue weighted by molar-refractivity contribution is 0.378. The molecule has 1 N–H and O–H groups in total. The predicted molar refractivity (Wildman–Crippen MR) is 87.0 cm³/mol. The van der Waals surface area contributed by atoms with E-state index < -0.39 is 0 Å². The molecule has 0 aliphatic carbocycles. The second kappa shape index (κ2) is 7.39. The van der Waals surface area contributed by atoms with Crippen molar-refractivity contribution in [2.75, 3.05) is 6.54 Å². The van der Waals surface area contributed by atoms with Crippen LogP contribution in [0.15, 0.2) is 36.7 Å². The van der Waals surface area contributed by atoms with Crippen molar-refractivity contribution in [3.8, 4) is 0 Å². The van der Waals surface area contributed by atoms with E-state index >= 15 is 0 Å². The summed E-state index contributed by atoms with van der Waals surface area (Å²) in [5.41, 5.74) is 1.42. The van der Waals surface area contributed by atoms with Crippen LogP contribution in [0.4, 0.5) is 0 Å².